The summed E-state index contributed by atoms with van der Waals surface area (Å²) in [7, 11) is 4.59. The van der Waals surface area contributed by atoms with E-state index >= 15 is 0 Å². The summed E-state index contributed by atoms with van der Waals surface area (Å²) in [6.45, 7) is 10.8. The quantitative estimate of drug-likeness (QED) is 0.514. The maximum absolute atomic E-state index is 12.8. The highest BCUT2D eigenvalue weighted by atomic mass is 16.5. The molecule has 0 fully saturated rings. The van der Waals surface area contributed by atoms with Gasteiger partial charge in [0.25, 0.3) is 5.91 Å². The summed E-state index contributed by atoms with van der Waals surface area (Å²) in [5.41, 5.74) is 8.23. The number of anilines is 1. The van der Waals surface area contributed by atoms with Gasteiger partial charge in [0.1, 0.15) is 5.76 Å². The summed E-state index contributed by atoms with van der Waals surface area (Å²) >= 11 is 0. The van der Waals surface area contributed by atoms with Gasteiger partial charge >= 0.3 is 0 Å². The number of nitrogens with one attached hydrogen (secondary N) is 1. The molecule has 0 unspecified atom stereocenters. The Labute approximate surface area is 189 Å². The maximum atomic E-state index is 12.8. The number of carbonyl (C=O) groups excluding carboxylic acids is 1. The zero-order valence-corrected chi connectivity index (χ0v) is 20.1. The number of carbonyl (C=O) groups is 1. The molecule has 0 atom stereocenters. The van der Waals surface area contributed by atoms with Gasteiger partial charge in [-0.05, 0) is 80.1 Å². The Morgan fingerprint density at radius 1 is 0.812 bits per heavy atom. The van der Waals surface area contributed by atoms with Gasteiger partial charge in [0, 0.05) is 24.2 Å². The molecule has 6 heteroatoms. The molecule has 0 saturated carbocycles. The molecule has 3 rings (SSSR count). The first-order chi connectivity index (χ1) is 15.2. The van der Waals surface area contributed by atoms with Crippen molar-refractivity contribution in [3.8, 4) is 17.2 Å². The van der Waals surface area contributed by atoms with Crippen molar-refractivity contribution < 1.29 is 23.4 Å². The van der Waals surface area contributed by atoms with E-state index < -0.39 is 0 Å². The summed E-state index contributed by atoms with van der Waals surface area (Å²) in [6, 6.07) is 6.90. The van der Waals surface area contributed by atoms with Crippen molar-refractivity contribution >= 4 is 11.6 Å². The Morgan fingerprint density at radius 3 is 1.84 bits per heavy atom. The SMILES string of the molecule is COc1cc(NC(=O)c2ccc(Cc3c(C)c(C)c(C)c(C)c3C)o2)cc(OC)c1OC. The predicted molar refractivity (Wildman–Crippen MR) is 126 cm³/mol. The largest absolute Gasteiger partial charge is 0.493 e. The maximum Gasteiger partial charge on any atom is 0.291 e. The van der Waals surface area contributed by atoms with Crippen LogP contribution in [0.2, 0.25) is 0 Å². The zero-order valence-electron chi connectivity index (χ0n) is 20.1. The number of furan rings is 1. The molecule has 0 aliphatic rings. The van der Waals surface area contributed by atoms with E-state index in [9.17, 15) is 4.79 Å². The Kier molecular flexibility index (Phi) is 6.82. The Hall–Kier alpha value is -3.41. The van der Waals surface area contributed by atoms with Crippen molar-refractivity contribution in [2.45, 2.75) is 41.0 Å². The van der Waals surface area contributed by atoms with Crippen molar-refractivity contribution in [2.75, 3.05) is 26.6 Å². The molecule has 0 saturated heterocycles. The molecule has 0 aliphatic carbocycles. The normalized spacial score (nSPS) is 10.8. The van der Waals surface area contributed by atoms with Gasteiger partial charge in [-0.15, -0.1) is 0 Å². The Bertz CT molecular complexity index is 1110. The van der Waals surface area contributed by atoms with E-state index in [4.69, 9.17) is 18.6 Å². The van der Waals surface area contributed by atoms with Gasteiger partial charge in [0.05, 0.1) is 21.3 Å². The fraction of sp³-hybridized carbons (Fsp3) is 0.346. The molecular formula is C26H31NO5. The summed E-state index contributed by atoms with van der Waals surface area (Å²) in [4.78, 5) is 12.8. The van der Waals surface area contributed by atoms with Crippen molar-refractivity contribution in [2.24, 2.45) is 0 Å². The molecule has 1 amide bonds. The third-order valence-electron chi connectivity index (χ3n) is 6.31. The van der Waals surface area contributed by atoms with Crippen LogP contribution in [0.3, 0.4) is 0 Å². The molecule has 6 nitrogen and oxygen atoms in total. The van der Waals surface area contributed by atoms with Gasteiger partial charge in [-0.1, -0.05) is 0 Å². The molecule has 0 radical (unpaired) electrons. The molecule has 1 heterocycles. The highest BCUT2D eigenvalue weighted by Crippen LogP contribution is 2.40. The minimum absolute atomic E-state index is 0.240. The van der Waals surface area contributed by atoms with Crippen LogP contribution in [0.4, 0.5) is 5.69 Å². The molecular weight excluding hydrogens is 406 g/mol. The van der Waals surface area contributed by atoms with Gasteiger partial charge in [0.2, 0.25) is 5.75 Å². The lowest BCUT2D eigenvalue weighted by atomic mass is 9.88. The number of ether oxygens (including phenoxy) is 3. The average molecular weight is 438 g/mol. The van der Waals surface area contributed by atoms with E-state index in [0.29, 0.717) is 29.4 Å². The number of hydrogen-bond acceptors (Lipinski definition) is 5. The number of benzene rings is 2. The van der Waals surface area contributed by atoms with Crippen LogP contribution in [0.25, 0.3) is 0 Å². The van der Waals surface area contributed by atoms with E-state index in [1.54, 1.807) is 18.2 Å². The van der Waals surface area contributed by atoms with Crippen LogP contribution in [0.5, 0.6) is 17.2 Å². The van der Waals surface area contributed by atoms with Crippen molar-refractivity contribution in [3.63, 3.8) is 0 Å². The first-order valence-electron chi connectivity index (χ1n) is 10.5. The highest BCUT2D eigenvalue weighted by Gasteiger charge is 2.18. The highest BCUT2D eigenvalue weighted by molar-refractivity contribution is 6.02. The fourth-order valence-corrected chi connectivity index (χ4v) is 3.96. The van der Waals surface area contributed by atoms with E-state index in [0.717, 1.165) is 5.76 Å². The van der Waals surface area contributed by atoms with Gasteiger partial charge in [-0.25, -0.2) is 0 Å². The minimum atomic E-state index is -0.352. The fourth-order valence-electron chi connectivity index (χ4n) is 3.96. The molecule has 0 bridgehead atoms. The monoisotopic (exact) mass is 437 g/mol. The first-order valence-corrected chi connectivity index (χ1v) is 10.5. The lowest BCUT2D eigenvalue weighted by Gasteiger charge is -2.18. The van der Waals surface area contributed by atoms with Crippen LogP contribution in [0.15, 0.2) is 28.7 Å². The summed E-state index contributed by atoms with van der Waals surface area (Å²) < 4.78 is 21.9. The molecule has 0 aliphatic heterocycles. The standard InChI is InChI=1S/C26H31NO5/c1-14-15(2)17(4)21(18(5)16(14)3)13-20-9-10-22(32-20)26(28)27-19-11-23(29-6)25(31-8)24(12-19)30-7/h9-12H,13H2,1-8H3,(H,27,28). The number of hydrogen-bond donors (Lipinski definition) is 1. The Morgan fingerprint density at radius 2 is 1.34 bits per heavy atom. The number of amides is 1. The molecule has 3 aromatic rings. The van der Waals surface area contributed by atoms with Gasteiger partial charge < -0.3 is 23.9 Å². The van der Waals surface area contributed by atoms with E-state index in [1.807, 2.05) is 6.07 Å². The summed E-state index contributed by atoms with van der Waals surface area (Å²) in [5, 5.41) is 2.84. The molecule has 1 aromatic heterocycles. The van der Waals surface area contributed by atoms with Crippen LogP contribution in [-0.2, 0) is 6.42 Å². The lowest BCUT2D eigenvalue weighted by molar-refractivity contribution is 0.0995. The molecule has 0 spiro atoms. The second-order valence-electron chi connectivity index (χ2n) is 7.91. The summed E-state index contributed by atoms with van der Waals surface area (Å²) in [5.74, 6) is 2.01. The third-order valence-corrected chi connectivity index (χ3v) is 6.31. The first kappa shape index (κ1) is 23.3. The number of methoxy groups -OCH3 is 3. The van der Waals surface area contributed by atoms with E-state index in [-0.39, 0.29) is 11.7 Å². The van der Waals surface area contributed by atoms with Gasteiger partial charge in [0.15, 0.2) is 17.3 Å². The van der Waals surface area contributed by atoms with Crippen LogP contribution in [0, 0.1) is 34.6 Å². The van der Waals surface area contributed by atoms with Crippen molar-refractivity contribution in [1.82, 2.24) is 0 Å². The van der Waals surface area contributed by atoms with Gasteiger partial charge in [-0.3, -0.25) is 4.79 Å². The third kappa shape index (κ3) is 4.31. The zero-order chi connectivity index (χ0) is 23.6. The molecule has 1 N–H and O–H groups in total. The van der Waals surface area contributed by atoms with E-state index in [2.05, 4.69) is 39.9 Å². The average Bonchev–Trinajstić information content (AvgIpc) is 3.27. The van der Waals surface area contributed by atoms with E-state index in [1.165, 1.54) is 54.7 Å². The van der Waals surface area contributed by atoms with Crippen LogP contribution < -0.4 is 19.5 Å². The lowest BCUT2D eigenvalue weighted by Crippen LogP contribution is -2.11. The Balaban J connectivity index is 1.84. The second kappa shape index (κ2) is 9.39. The molecule has 2 aromatic carbocycles. The molecule has 32 heavy (non-hydrogen) atoms. The minimum Gasteiger partial charge on any atom is -0.493 e. The summed E-state index contributed by atoms with van der Waals surface area (Å²) in [6.07, 6.45) is 0.636. The van der Waals surface area contributed by atoms with Crippen LogP contribution in [0.1, 0.15) is 49.7 Å². The van der Waals surface area contributed by atoms with Gasteiger partial charge in [-0.2, -0.15) is 0 Å². The van der Waals surface area contributed by atoms with Crippen molar-refractivity contribution in [1.29, 1.82) is 0 Å². The second-order valence-corrected chi connectivity index (χ2v) is 7.91. The number of rotatable bonds is 7. The van der Waals surface area contributed by atoms with Crippen LogP contribution >= 0.6 is 0 Å². The molecule has 170 valence electrons. The predicted octanol–water partition coefficient (Wildman–Crippen LogP) is 5.69. The smallest absolute Gasteiger partial charge is 0.291 e. The van der Waals surface area contributed by atoms with Crippen molar-refractivity contribution in [3.05, 3.63) is 69.2 Å². The topological polar surface area (TPSA) is 69.9 Å². The van der Waals surface area contributed by atoms with Crippen LogP contribution in [-0.4, -0.2) is 27.2 Å².